The smallest absolute Gasteiger partial charge is 0.319 e. The van der Waals surface area contributed by atoms with Crippen molar-refractivity contribution in [2.24, 2.45) is 0 Å². The summed E-state index contributed by atoms with van der Waals surface area (Å²) in [7, 11) is 0. The van der Waals surface area contributed by atoms with E-state index in [1.807, 2.05) is 36.1 Å². The molecule has 3 amide bonds. The average molecular weight is 342 g/mol. The normalized spacial score (nSPS) is 15.2. The number of likely N-dealkylation sites (tertiary alicyclic amines) is 1. The van der Waals surface area contributed by atoms with Crippen LogP contribution in [0.15, 0.2) is 36.9 Å². The molecule has 3 rings (SSSR count). The zero-order valence-electron chi connectivity index (χ0n) is 14.2. The Bertz CT molecular complexity index is 730. The lowest BCUT2D eigenvalue weighted by molar-refractivity contribution is -0.128. The average Bonchev–Trinajstić information content (AvgIpc) is 3.20. The number of rotatable bonds is 6. The van der Waals surface area contributed by atoms with Crippen LogP contribution in [0, 0.1) is 0 Å². The van der Waals surface area contributed by atoms with Crippen molar-refractivity contribution >= 4 is 17.6 Å². The van der Waals surface area contributed by atoms with Crippen molar-refractivity contribution in [2.75, 3.05) is 11.9 Å². The Balaban J connectivity index is 1.52. The summed E-state index contributed by atoms with van der Waals surface area (Å²) in [5.41, 5.74) is 1.71. The van der Waals surface area contributed by atoms with Gasteiger partial charge in [-0.15, -0.1) is 0 Å². The topological polar surface area (TPSA) is 92.2 Å². The molecule has 132 valence electrons. The number of hydrogen-bond acceptors (Lipinski definition) is 4. The summed E-state index contributed by atoms with van der Waals surface area (Å²) in [5.74, 6) is 0.193. The van der Waals surface area contributed by atoms with Gasteiger partial charge in [0, 0.05) is 31.2 Å². The fourth-order valence-electron chi connectivity index (χ4n) is 2.88. The SMILES string of the molecule is C[C@@H](Cn1cncn1)NC(=O)Nc1cccc(CN2CCCC2=O)c1. The van der Waals surface area contributed by atoms with Crippen LogP contribution >= 0.6 is 0 Å². The second-order valence-electron chi connectivity index (χ2n) is 6.24. The fourth-order valence-corrected chi connectivity index (χ4v) is 2.88. The summed E-state index contributed by atoms with van der Waals surface area (Å²) in [4.78, 5) is 29.6. The summed E-state index contributed by atoms with van der Waals surface area (Å²) in [6, 6.07) is 7.20. The summed E-state index contributed by atoms with van der Waals surface area (Å²) in [6.45, 7) is 3.83. The maximum Gasteiger partial charge on any atom is 0.319 e. The molecule has 1 aliphatic heterocycles. The molecule has 2 N–H and O–H groups in total. The molecule has 8 heteroatoms. The molecule has 8 nitrogen and oxygen atoms in total. The third-order valence-electron chi connectivity index (χ3n) is 4.03. The van der Waals surface area contributed by atoms with E-state index in [4.69, 9.17) is 0 Å². The van der Waals surface area contributed by atoms with Crippen molar-refractivity contribution in [3.05, 3.63) is 42.5 Å². The van der Waals surface area contributed by atoms with Crippen molar-refractivity contribution in [3.63, 3.8) is 0 Å². The number of anilines is 1. The van der Waals surface area contributed by atoms with E-state index < -0.39 is 0 Å². The Labute approximate surface area is 146 Å². The highest BCUT2D eigenvalue weighted by molar-refractivity contribution is 5.89. The zero-order valence-corrected chi connectivity index (χ0v) is 14.2. The van der Waals surface area contributed by atoms with Gasteiger partial charge >= 0.3 is 6.03 Å². The molecule has 1 aliphatic rings. The van der Waals surface area contributed by atoms with Gasteiger partial charge in [0.05, 0.1) is 6.54 Å². The molecule has 1 atom stereocenters. The van der Waals surface area contributed by atoms with Crippen LogP contribution in [-0.4, -0.2) is 44.2 Å². The van der Waals surface area contributed by atoms with Crippen LogP contribution in [0.2, 0.25) is 0 Å². The predicted molar refractivity (Wildman–Crippen MR) is 92.7 cm³/mol. The number of carbonyl (C=O) groups is 2. The van der Waals surface area contributed by atoms with Gasteiger partial charge in [0.25, 0.3) is 0 Å². The van der Waals surface area contributed by atoms with Gasteiger partial charge in [-0.2, -0.15) is 5.10 Å². The third kappa shape index (κ3) is 4.79. The molecule has 2 aromatic rings. The number of nitrogens with one attached hydrogen (secondary N) is 2. The minimum Gasteiger partial charge on any atom is -0.338 e. The Hall–Kier alpha value is -2.90. The molecule has 1 aromatic heterocycles. The van der Waals surface area contributed by atoms with E-state index >= 15 is 0 Å². The third-order valence-corrected chi connectivity index (χ3v) is 4.03. The van der Waals surface area contributed by atoms with Gasteiger partial charge in [-0.1, -0.05) is 12.1 Å². The zero-order chi connectivity index (χ0) is 17.6. The summed E-state index contributed by atoms with van der Waals surface area (Å²) >= 11 is 0. The molecule has 1 fully saturated rings. The standard InChI is InChI=1S/C17H22N6O2/c1-13(9-23-12-18-11-19-23)20-17(25)21-15-5-2-4-14(8-15)10-22-7-3-6-16(22)24/h2,4-5,8,11-13H,3,6-7,9-10H2,1H3,(H2,20,21,25)/t13-/m0/s1. The highest BCUT2D eigenvalue weighted by Gasteiger charge is 2.20. The van der Waals surface area contributed by atoms with Gasteiger partial charge in [-0.3, -0.25) is 9.48 Å². The number of urea groups is 1. The maximum atomic E-state index is 12.1. The van der Waals surface area contributed by atoms with Gasteiger partial charge in [0.15, 0.2) is 0 Å². The van der Waals surface area contributed by atoms with E-state index in [-0.39, 0.29) is 18.0 Å². The first-order valence-electron chi connectivity index (χ1n) is 8.37. The van der Waals surface area contributed by atoms with E-state index in [9.17, 15) is 9.59 Å². The highest BCUT2D eigenvalue weighted by atomic mass is 16.2. The van der Waals surface area contributed by atoms with E-state index in [0.717, 1.165) is 18.5 Å². The van der Waals surface area contributed by atoms with Crippen LogP contribution in [0.5, 0.6) is 0 Å². The van der Waals surface area contributed by atoms with Crippen molar-refractivity contribution in [1.29, 1.82) is 0 Å². The Morgan fingerprint density at radius 3 is 3.00 bits per heavy atom. The molecular weight excluding hydrogens is 320 g/mol. The van der Waals surface area contributed by atoms with Gasteiger partial charge in [0.1, 0.15) is 12.7 Å². The van der Waals surface area contributed by atoms with E-state index in [1.54, 1.807) is 11.0 Å². The van der Waals surface area contributed by atoms with Crippen molar-refractivity contribution in [1.82, 2.24) is 25.0 Å². The Morgan fingerprint density at radius 1 is 1.40 bits per heavy atom. The molecule has 0 radical (unpaired) electrons. The number of aromatic nitrogens is 3. The molecule has 1 aromatic carbocycles. The lowest BCUT2D eigenvalue weighted by Gasteiger charge is -2.17. The largest absolute Gasteiger partial charge is 0.338 e. The Kier molecular flexibility index (Phi) is 5.27. The van der Waals surface area contributed by atoms with Crippen LogP contribution < -0.4 is 10.6 Å². The van der Waals surface area contributed by atoms with Crippen molar-refractivity contribution in [2.45, 2.75) is 38.9 Å². The number of carbonyl (C=O) groups excluding carboxylic acids is 2. The molecule has 0 saturated carbocycles. The first kappa shape index (κ1) is 16.9. The molecule has 0 aliphatic carbocycles. The van der Waals surface area contributed by atoms with Crippen molar-refractivity contribution < 1.29 is 9.59 Å². The van der Waals surface area contributed by atoms with E-state index in [1.165, 1.54) is 6.33 Å². The van der Waals surface area contributed by atoms with Gasteiger partial charge < -0.3 is 15.5 Å². The maximum absolute atomic E-state index is 12.1. The van der Waals surface area contributed by atoms with Gasteiger partial charge in [-0.05, 0) is 31.0 Å². The van der Waals surface area contributed by atoms with Gasteiger partial charge in [0.2, 0.25) is 5.91 Å². The number of amides is 3. The second-order valence-corrected chi connectivity index (χ2v) is 6.24. The highest BCUT2D eigenvalue weighted by Crippen LogP contribution is 2.17. The monoisotopic (exact) mass is 342 g/mol. The van der Waals surface area contributed by atoms with Crippen molar-refractivity contribution in [3.8, 4) is 0 Å². The summed E-state index contributed by atoms with van der Waals surface area (Å²) in [5, 5.41) is 9.71. The minimum absolute atomic E-state index is 0.0906. The predicted octanol–water partition coefficient (Wildman–Crippen LogP) is 1.61. The first-order chi connectivity index (χ1) is 12.1. The summed E-state index contributed by atoms with van der Waals surface area (Å²) < 4.78 is 1.67. The Morgan fingerprint density at radius 2 is 2.28 bits per heavy atom. The van der Waals surface area contributed by atoms with E-state index in [0.29, 0.717) is 25.2 Å². The molecule has 2 heterocycles. The number of nitrogens with zero attached hydrogens (tertiary/aromatic N) is 4. The molecule has 0 spiro atoms. The van der Waals surface area contributed by atoms with Crippen LogP contribution in [0.25, 0.3) is 0 Å². The fraction of sp³-hybridized carbons (Fsp3) is 0.412. The van der Waals surface area contributed by atoms with Crippen LogP contribution in [0.4, 0.5) is 10.5 Å². The molecule has 0 bridgehead atoms. The quantitative estimate of drug-likeness (QED) is 0.834. The molecule has 1 saturated heterocycles. The number of benzene rings is 1. The molecule has 25 heavy (non-hydrogen) atoms. The number of hydrogen-bond donors (Lipinski definition) is 2. The first-order valence-corrected chi connectivity index (χ1v) is 8.37. The van der Waals surface area contributed by atoms with Gasteiger partial charge in [-0.25, -0.2) is 9.78 Å². The lowest BCUT2D eigenvalue weighted by Crippen LogP contribution is -2.38. The van der Waals surface area contributed by atoms with Crippen LogP contribution in [-0.2, 0) is 17.9 Å². The molecular formula is C17H22N6O2. The molecule has 0 unspecified atom stereocenters. The van der Waals surface area contributed by atoms with Crippen LogP contribution in [0.1, 0.15) is 25.3 Å². The minimum atomic E-state index is -0.276. The second kappa shape index (κ2) is 7.78. The summed E-state index contributed by atoms with van der Waals surface area (Å²) in [6.07, 6.45) is 4.62. The lowest BCUT2D eigenvalue weighted by atomic mass is 10.2. The van der Waals surface area contributed by atoms with E-state index in [2.05, 4.69) is 20.7 Å². The van der Waals surface area contributed by atoms with Crippen LogP contribution in [0.3, 0.4) is 0 Å².